The van der Waals surface area contributed by atoms with Gasteiger partial charge in [-0.1, -0.05) is 45.0 Å². The van der Waals surface area contributed by atoms with Crippen LogP contribution in [0.25, 0.3) is 11.0 Å². The molecule has 1 aliphatic carbocycles. The topological polar surface area (TPSA) is 117 Å². The maximum atomic E-state index is 10.6. The zero-order chi connectivity index (χ0) is 21.8. The quantitative estimate of drug-likeness (QED) is 0.402. The first-order valence-electron chi connectivity index (χ1n) is 10.3. The molecule has 31 heavy (non-hydrogen) atoms. The summed E-state index contributed by atoms with van der Waals surface area (Å²) in [5, 5.41) is 29.6. The fourth-order valence-corrected chi connectivity index (χ4v) is 4.23. The second kappa shape index (κ2) is 7.05. The second-order valence-electron chi connectivity index (χ2n) is 9.03. The first-order chi connectivity index (χ1) is 14.8. The third kappa shape index (κ3) is 3.50. The van der Waals surface area contributed by atoms with E-state index in [1.165, 1.54) is 0 Å². The van der Waals surface area contributed by atoms with Gasteiger partial charge in [-0.2, -0.15) is 20.2 Å². The van der Waals surface area contributed by atoms with Crippen molar-refractivity contribution in [3.63, 3.8) is 0 Å². The van der Waals surface area contributed by atoms with Crippen LogP contribution in [0.3, 0.4) is 0 Å². The highest BCUT2D eigenvalue weighted by molar-refractivity contribution is 5.88. The minimum absolute atomic E-state index is 0.0307. The number of benzene rings is 1. The highest BCUT2D eigenvalue weighted by Crippen LogP contribution is 2.34. The maximum absolute atomic E-state index is 10.6. The lowest BCUT2D eigenvalue weighted by molar-refractivity contribution is 0.165. The molecule has 160 valence electrons. The van der Waals surface area contributed by atoms with Crippen molar-refractivity contribution >= 4 is 28.6 Å². The number of aliphatic hydroxyl groups is 1. The Morgan fingerprint density at radius 1 is 1.19 bits per heavy atom. The van der Waals surface area contributed by atoms with E-state index >= 15 is 0 Å². The number of rotatable bonds is 4. The molecular formula is C22H26N8O. The van der Waals surface area contributed by atoms with Crippen molar-refractivity contribution in [2.75, 3.05) is 10.6 Å². The first-order valence-corrected chi connectivity index (χ1v) is 10.3. The van der Waals surface area contributed by atoms with Crippen molar-refractivity contribution in [1.29, 1.82) is 0 Å². The largest absolute Gasteiger partial charge is 0.390 e. The standard InChI is InChI=1S/C22H26N8O/c1-22(2,3)16-10-17(29-30(16)4)24-19-14-11-23-28-20(14)27-21(26-19)25-18-13-8-6-5-7-12(13)9-15(18)31/h5-8,10-11,15,18,31H,9H2,1-4H3,(H3,23,24,25,26,27,28,29)/t15-,18+/m0/s1. The molecule has 0 bridgehead atoms. The summed E-state index contributed by atoms with van der Waals surface area (Å²) in [6, 6.07) is 9.79. The summed E-state index contributed by atoms with van der Waals surface area (Å²) in [6.45, 7) is 6.46. The molecule has 0 saturated carbocycles. The number of aromatic amines is 1. The average Bonchev–Trinajstić information content (AvgIpc) is 3.39. The Kier molecular flexibility index (Phi) is 4.44. The SMILES string of the molecule is Cn1nc(Nc2nc(N[C@@H]3c4ccccc4C[C@@H]3O)nc3[nH]ncc23)cc1C(C)(C)C. The van der Waals surface area contributed by atoms with Gasteiger partial charge in [0.15, 0.2) is 11.5 Å². The molecule has 0 unspecified atom stereocenters. The third-order valence-electron chi connectivity index (χ3n) is 5.69. The van der Waals surface area contributed by atoms with Crippen LogP contribution in [0.15, 0.2) is 36.5 Å². The first kappa shape index (κ1) is 19.5. The van der Waals surface area contributed by atoms with E-state index in [4.69, 9.17) is 0 Å². The van der Waals surface area contributed by atoms with Crippen LogP contribution in [0.1, 0.15) is 43.6 Å². The Morgan fingerprint density at radius 2 is 2.00 bits per heavy atom. The molecule has 4 N–H and O–H groups in total. The smallest absolute Gasteiger partial charge is 0.227 e. The van der Waals surface area contributed by atoms with Crippen LogP contribution in [-0.4, -0.2) is 41.2 Å². The Morgan fingerprint density at radius 3 is 2.77 bits per heavy atom. The number of hydrogen-bond acceptors (Lipinski definition) is 7. The van der Waals surface area contributed by atoms with E-state index < -0.39 is 6.10 Å². The van der Waals surface area contributed by atoms with Crippen molar-refractivity contribution in [2.45, 2.75) is 44.8 Å². The number of aliphatic hydroxyl groups excluding tert-OH is 1. The van der Waals surface area contributed by atoms with Crippen LogP contribution < -0.4 is 10.6 Å². The van der Waals surface area contributed by atoms with Gasteiger partial charge in [0.25, 0.3) is 0 Å². The van der Waals surface area contributed by atoms with E-state index in [0.717, 1.165) is 22.2 Å². The number of aromatic nitrogens is 6. The van der Waals surface area contributed by atoms with E-state index in [-0.39, 0.29) is 11.5 Å². The lowest BCUT2D eigenvalue weighted by Crippen LogP contribution is -2.22. The van der Waals surface area contributed by atoms with Crippen LogP contribution in [-0.2, 0) is 18.9 Å². The van der Waals surface area contributed by atoms with Gasteiger partial charge in [0.2, 0.25) is 5.95 Å². The van der Waals surface area contributed by atoms with Gasteiger partial charge in [0.1, 0.15) is 5.82 Å². The van der Waals surface area contributed by atoms with E-state index in [1.807, 2.05) is 42.1 Å². The predicted molar refractivity (Wildman–Crippen MR) is 119 cm³/mol. The summed E-state index contributed by atoms with van der Waals surface area (Å²) in [4.78, 5) is 9.24. The van der Waals surface area contributed by atoms with Gasteiger partial charge in [-0.15, -0.1) is 0 Å². The van der Waals surface area contributed by atoms with Gasteiger partial charge in [0, 0.05) is 30.6 Å². The molecule has 0 spiro atoms. The molecule has 3 heterocycles. The molecule has 9 nitrogen and oxygen atoms in total. The summed E-state index contributed by atoms with van der Waals surface area (Å²) < 4.78 is 1.88. The maximum Gasteiger partial charge on any atom is 0.227 e. The number of nitrogens with zero attached hydrogens (tertiary/aromatic N) is 5. The van der Waals surface area contributed by atoms with Crippen molar-refractivity contribution in [2.24, 2.45) is 7.05 Å². The Bertz CT molecular complexity index is 1250. The molecule has 1 aliphatic rings. The molecule has 0 aliphatic heterocycles. The summed E-state index contributed by atoms with van der Waals surface area (Å²) in [6.07, 6.45) is 1.75. The zero-order valence-corrected chi connectivity index (χ0v) is 18.0. The van der Waals surface area contributed by atoms with Crippen LogP contribution in [0.2, 0.25) is 0 Å². The minimum atomic E-state index is -0.542. The van der Waals surface area contributed by atoms with Gasteiger partial charge in [-0.3, -0.25) is 9.78 Å². The second-order valence-corrected chi connectivity index (χ2v) is 9.03. The Hall–Kier alpha value is -3.46. The van der Waals surface area contributed by atoms with Crippen LogP contribution >= 0.6 is 0 Å². The molecule has 1 aromatic carbocycles. The molecule has 4 aromatic rings. The molecule has 5 rings (SSSR count). The Labute approximate surface area is 179 Å². The number of nitrogens with one attached hydrogen (secondary N) is 3. The molecule has 0 amide bonds. The van der Waals surface area contributed by atoms with Gasteiger partial charge in [-0.25, -0.2) is 0 Å². The van der Waals surface area contributed by atoms with Crippen LogP contribution in [0.4, 0.5) is 17.6 Å². The summed E-state index contributed by atoms with van der Waals surface area (Å²) in [7, 11) is 1.94. The zero-order valence-electron chi connectivity index (χ0n) is 18.0. The fraction of sp³-hybridized carbons (Fsp3) is 0.364. The highest BCUT2D eigenvalue weighted by atomic mass is 16.3. The monoisotopic (exact) mass is 418 g/mol. The van der Waals surface area contributed by atoms with E-state index in [0.29, 0.717) is 29.7 Å². The number of fused-ring (bicyclic) bond motifs is 2. The summed E-state index contributed by atoms with van der Waals surface area (Å²) >= 11 is 0. The predicted octanol–water partition coefficient (Wildman–Crippen LogP) is 3.20. The number of H-pyrrole nitrogens is 1. The fourth-order valence-electron chi connectivity index (χ4n) is 4.23. The van der Waals surface area contributed by atoms with E-state index in [9.17, 15) is 5.11 Å². The molecular weight excluding hydrogens is 392 g/mol. The van der Waals surface area contributed by atoms with Crippen molar-refractivity contribution < 1.29 is 5.11 Å². The lowest BCUT2D eigenvalue weighted by Gasteiger charge is -2.18. The third-order valence-corrected chi connectivity index (χ3v) is 5.69. The van der Waals surface area contributed by atoms with Gasteiger partial charge < -0.3 is 15.7 Å². The van der Waals surface area contributed by atoms with Crippen molar-refractivity contribution in [3.8, 4) is 0 Å². The van der Waals surface area contributed by atoms with Gasteiger partial charge in [0.05, 0.1) is 23.7 Å². The summed E-state index contributed by atoms with van der Waals surface area (Å²) in [5.41, 5.74) is 3.88. The molecule has 0 saturated heterocycles. The van der Waals surface area contributed by atoms with Gasteiger partial charge in [-0.05, 0) is 11.1 Å². The Balaban J connectivity index is 1.49. The minimum Gasteiger partial charge on any atom is -0.390 e. The summed E-state index contributed by atoms with van der Waals surface area (Å²) in [5.74, 6) is 1.71. The van der Waals surface area contributed by atoms with Crippen molar-refractivity contribution in [3.05, 3.63) is 53.3 Å². The van der Waals surface area contributed by atoms with E-state index in [1.54, 1.807) is 6.20 Å². The molecule has 3 aromatic heterocycles. The number of anilines is 3. The van der Waals surface area contributed by atoms with Crippen LogP contribution in [0, 0.1) is 0 Å². The normalized spacial score (nSPS) is 18.4. The number of hydrogen-bond donors (Lipinski definition) is 4. The highest BCUT2D eigenvalue weighted by Gasteiger charge is 2.31. The molecule has 2 atom stereocenters. The lowest BCUT2D eigenvalue weighted by atomic mass is 9.92. The van der Waals surface area contributed by atoms with Gasteiger partial charge >= 0.3 is 0 Å². The van der Waals surface area contributed by atoms with Crippen LogP contribution in [0.5, 0.6) is 0 Å². The van der Waals surface area contributed by atoms with Crippen molar-refractivity contribution in [1.82, 2.24) is 29.9 Å². The molecule has 0 radical (unpaired) electrons. The number of aryl methyl sites for hydroxylation is 1. The average molecular weight is 419 g/mol. The van der Waals surface area contributed by atoms with E-state index in [2.05, 4.69) is 56.7 Å². The molecule has 9 heteroatoms. The molecule has 0 fully saturated rings.